The number of hydrogen-bond donors (Lipinski definition) is 2. The predicted octanol–water partition coefficient (Wildman–Crippen LogP) is 2.85. The summed E-state index contributed by atoms with van der Waals surface area (Å²) in [6, 6.07) is 7.47. The van der Waals surface area contributed by atoms with E-state index < -0.39 is 11.4 Å². The van der Waals surface area contributed by atoms with Crippen LogP contribution >= 0.6 is 15.9 Å². The van der Waals surface area contributed by atoms with E-state index >= 15 is 0 Å². The van der Waals surface area contributed by atoms with Gasteiger partial charge in [-0.15, -0.1) is 0 Å². The Labute approximate surface area is 132 Å². The molecule has 2 amide bonds. The summed E-state index contributed by atoms with van der Waals surface area (Å²) in [4.78, 5) is 25.1. The largest absolute Gasteiger partial charge is 0.481 e. The van der Waals surface area contributed by atoms with Crippen LogP contribution in [0.5, 0.6) is 0 Å². The first-order valence-corrected chi connectivity index (χ1v) is 7.71. The molecule has 0 saturated carbocycles. The molecule has 0 aliphatic carbocycles. The van der Waals surface area contributed by atoms with Gasteiger partial charge in [-0.05, 0) is 31.4 Å². The van der Waals surface area contributed by atoms with Crippen molar-refractivity contribution in [2.45, 2.75) is 26.3 Å². The molecule has 1 aliphatic heterocycles. The number of nitrogens with one attached hydrogen (secondary N) is 1. The lowest BCUT2D eigenvalue weighted by Crippen LogP contribution is -2.51. The first kappa shape index (κ1) is 15.8. The molecule has 2 N–H and O–H groups in total. The van der Waals surface area contributed by atoms with E-state index in [1.165, 1.54) is 0 Å². The maximum absolute atomic E-state index is 12.2. The molecule has 2 rings (SSSR count). The minimum absolute atomic E-state index is 0.210. The normalized spacial score (nSPS) is 21.9. The fourth-order valence-corrected chi connectivity index (χ4v) is 2.94. The number of urea groups is 1. The number of halogens is 1. The second-order valence-corrected chi connectivity index (χ2v) is 6.50. The van der Waals surface area contributed by atoms with Crippen molar-refractivity contribution in [3.8, 4) is 0 Å². The molecule has 1 aromatic carbocycles. The van der Waals surface area contributed by atoms with Crippen LogP contribution in [0.4, 0.5) is 4.79 Å². The summed E-state index contributed by atoms with van der Waals surface area (Å²) in [6.45, 7) is 2.97. The molecule has 21 heavy (non-hydrogen) atoms. The molecule has 1 heterocycles. The number of nitrogens with zero attached hydrogens (tertiary/aromatic N) is 1. The van der Waals surface area contributed by atoms with Gasteiger partial charge < -0.3 is 15.3 Å². The van der Waals surface area contributed by atoms with Gasteiger partial charge in [0.2, 0.25) is 0 Å². The maximum atomic E-state index is 12.2. The highest BCUT2D eigenvalue weighted by molar-refractivity contribution is 9.10. The second-order valence-electron chi connectivity index (χ2n) is 5.64. The average Bonchev–Trinajstić information content (AvgIpc) is 2.46. The molecule has 5 nitrogen and oxygen atoms in total. The number of piperidine rings is 1. The molecule has 0 radical (unpaired) electrons. The Morgan fingerprint density at radius 1 is 1.43 bits per heavy atom. The third kappa shape index (κ3) is 3.75. The number of hydrogen-bond acceptors (Lipinski definition) is 2. The van der Waals surface area contributed by atoms with E-state index in [1.807, 2.05) is 24.3 Å². The van der Waals surface area contributed by atoms with Crippen molar-refractivity contribution in [3.63, 3.8) is 0 Å². The van der Waals surface area contributed by atoms with Crippen LogP contribution < -0.4 is 5.32 Å². The Balaban J connectivity index is 1.94. The zero-order valence-electron chi connectivity index (χ0n) is 11.9. The van der Waals surface area contributed by atoms with Gasteiger partial charge in [0.15, 0.2) is 0 Å². The molecule has 1 unspecified atom stereocenters. The zero-order valence-corrected chi connectivity index (χ0v) is 13.5. The van der Waals surface area contributed by atoms with Crippen molar-refractivity contribution in [2.75, 3.05) is 13.1 Å². The van der Waals surface area contributed by atoms with Gasteiger partial charge in [-0.3, -0.25) is 4.79 Å². The summed E-state index contributed by atoms with van der Waals surface area (Å²) >= 11 is 3.44. The SMILES string of the molecule is CC1(C(=O)O)CCCN(C(=O)NCc2ccccc2Br)C1. The molecule has 0 spiro atoms. The molecular formula is C15H19BrN2O3. The first-order valence-electron chi connectivity index (χ1n) is 6.92. The van der Waals surface area contributed by atoms with E-state index in [0.29, 0.717) is 25.9 Å². The number of aliphatic carboxylic acids is 1. The van der Waals surface area contributed by atoms with Crippen LogP contribution in [0.15, 0.2) is 28.7 Å². The Morgan fingerprint density at radius 2 is 2.14 bits per heavy atom. The highest BCUT2D eigenvalue weighted by Gasteiger charge is 2.39. The quantitative estimate of drug-likeness (QED) is 0.876. The van der Waals surface area contributed by atoms with Crippen LogP contribution in [-0.4, -0.2) is 35.1 Å². The van der Waals surface area contributed by atoms with Gasteiger partial charge >= 0.3 is 12.0 Å². The molecule has 1 aliphatic rings. The highest BCUT2D eigenvalue weighted by Crippen LogP contribution is 2.29. The summed E-state index contributed by atoms with van der Waals surface area (Å²) in [5.41, 5.74) is 0.145. The van der Waals surface area contributed by atoms with E-state index in [1.54, 1.807) is 11.8 Å². The van der Waals surface area contributed by atoms with Crippen molar-refractivity contribution < 1.29 is 14.7 Å². The fraction of sp³-hybridized carbons (Fsp3) is 0.467. The van der Waals surface area contributed by atoms with Crippen LogP contribution in [0.1, 0.15) is 25.3 Å². The number of benzene rings is 1. The molecule has 6 heteroatoms. The Morgan fingerprint density at radius 3 is 2.81 bits per heavy atom. The molecule has 0 aromatic heterocycles. The van der Waals surface area contributed by atoms with Crippen molar-refractivity contribution in [1.82, 2.24) is 10.2 Å². The number of carboxylic acid groups (broad SMARTS) is 1. The number of carboxylic acids is 1. The highest BCUT2D eigenvalue weighted by atomic mass is 79.9. The molecule has 1 atom stereocenters. The number of amides is 2. The van der Waals surface area contributed by atoms with Gasteiger partial charge in [0.05, 0.1) is 5.41 Å². The summed E-state index contributed by atoms with van der Waals surface area (Å²) in [6.07, 6.45) is 1.32. The number of rotatable bonds is 3. The molecule has 1 saturated heterocycles. The van der Waals surface area contributed by atoms with E-state index in [0.717, 1.165) is 10.0 Å². The lowest BCUT2D eigenvalue weighted by atomic mass is 9.82. The summed E-state index contributed by atoms with van der Waals surface area (Å²) in [5.74, 6) is -0.842. The Kier molecular flexibility index (Phi) is 4.88. The van der Waals surface area contributed by atoms with Crippen molar-refractivity contribution in [2.24, 2.45) is 5.41 Å². The van der Waals surface area contributed by atoms with Crippen LogP contribution in [0.3, 0.4) is 0 Å². The van der Waals surface area contributed by atoms with Crippen LogP contribution in [0.25, 0.3) is 0 Å². The summed E-state index contributed by atoms with van der Waals surface area (Å²) in [7, 11) is 0. The first-order chi connectivity index (χ1) is 9.92. The number of carbonyl (C=O) groups excluding carboxylic acids is 1. The van der Waals surface area contributed by atoms with Gasteiger partial charge in [0.1, 0.15) is 0 Å². The Bertz CT molecular complexity index is 549. The van der Waals surface area contributed by atoms with Gasteiger partial charge in [-0.25, -0.2) is 4.79 Å². The topological polar surface area (TPSA) is 69.6 Å². The van der Waals surface area contributed by atoms with Crippen LogP contribution in [-0.2, 0) is 11.3 Å². The van der Waals surface area contributed by atoms with E-state index in [4.69, 9.17) is 0 Å². The van der Waals surface area contributed by atoms with Crippen molar-refractivity contribution in [3.05, 3.63) is 34.3 Å². The zero-order chi connectivity index (χ0) is 15.5. The van der Waals surface area contributed by atoms with Gasteiger partial charge in [-0.1, -0.05) is 34.1 Å². The standard InChI is InChI=1S/C15H19BrN2O3/c1-15(13(19)20)7-4-8-18(10-15)14(21)17-9-11-5-2-3-6-12(11)16/h2-3,5-6H,4,7-10H2,1H3,(H,17,21)(H,19,20). The van der Waals surface area contributed by atoms with Gasteiger partial charge in [0.25, 0.3) is 0 Å². The molecular weight excluding hydrogens is 336 g/mol. The van der Waals surface area contributed by atoms with E-state index in [2.05, 4.69) is 21.2 Å². The molecule has 1 aromatic rings. The minimum atomic E-state index is -0.844. The predicted molar refractivity (Wildman–Crippen MR) is 82.9 cm³/mol. The lowest BCUT2D eigenvalue weighted by molar-refractivity contribution is -0.150. The maximum Gasteiger partial charge on any atom is 0.317 e. The second kappa shape index (κ2) is 6.47. The molecule has 114 valence electrons. The van der Waals surface area contributed by atoms with E-state index in [-0.39, 0.29) is 12.6 Å². The lowest BCUT2D eigenvalue weighted by Gasteiger charge is -2.37. The van der Waals surface area contributed by atoms with Crippen LogP contribution in [0, 0.1) is 5.41 Å². The van der Waals surface area contributed by atoms with E-state index in [9.17, 15) is 14.7 Å². The van der Waals surface area contributed by atoms with Gasteiger partial charge in [-0.2, -0.15) is 0 Å². The summed E-state index contributed by atoms with van der Waals surface area (Å²) < 4.78 is 0.944. The number of likely N-dealkylation sites (tertiary alicyclic amines) is 1. The molecule has 1 fully saturated rings. The smallest absolute Gasteiger partial charge is 0.317 e. The van der Waals surface area contributed by atoms with Gasteiger partial charge in [0, 0.05) is 24.1 Å². The average molecular weight is 355 g/mol. The minimum Gasteiger partial charge on any atom is -0.481 e. The summed E-state index contributed by atoms with van der Waals surface area (Å²) in [5, 5.41) is 12.1. The van der Waals surface area contributed by atoms with Crippen molar-refractivity contribution >= 4 is 27.9 Å². The van der Waals surface area contributed by atoms with Crippen molar-refractivity contribution in [1.29, 1.82) is 0 Å². The number of carbonyl (C=O) groups is 2. The van der Waals surface area contributed by atoms with Crippen LogP contribution in [0.2, 0.25) is 0 Å². The Hall–Kier alpha value is -1.56. The third-order valence-corrected chi connectivity index (χ3v) is 4.66. The molecule has 0 bridgehead atoms. The third-order valence-electron chi connectivity index (χ3n) is 3.89. The monoisotopic (exact) mass is 354 g/mol. The fourth-order valence-electron chi connectivity index (χ4n) is 2.51.